The molecule has 0 aliphatic heterocycles. The molecule has 0 spiro atoms. The largest absolute Gasteiger partial charge is 0.411 e. The lowest BCUT2D eigenvalue weighted by Gasteiger charge is -2.12. The van der Waals surface area contributed by atoms with E-state index in [1.807, 2.05) is 0 Å². The fourth-order valence-corrected chi connectivity index (χ4v) is 1.16. The summed E-state index contributed by atoms with van der Waals surface area (Å²) < 4.78 is 39.5. The van der Waals surface area contributed by atoms with Crippen LogP contribution in [0.25, 0.3) is 0 Å². The molecule has 0 saturated heterocycles. The van der Waals surface area contributed by atoms with Crippen LogP contribution in [-0.4, -0.2) is 35.6 Å². The lowest BCUT2D eigenvalue weighted by molar-refractivity contribution is -0.179. The number of ether oxygens (including phenoxy) is 1. The molecule has 6 heteroatoms. The Morgan fingerprint density at radius 2 is 1.94 bits per heavy atom. The third-order valence-electron chi connectivity index (χ3n) is 1.80. The van der Waals surface area contributed by atoms with Crippen LogP contribution < -0.4 is 0 Å². The number of hydrogen-bond acceptors (Lipinski definition) is 3. The predicted molar refractivity (Wildman–Crippen MR) is 50.8 cm³/mol. The molecule has 0 radical (unpaired) electrons. The molecule has 1 rings (SSSR count). The molecule has 90 valence electrons. The second-order valence-electron chi connectivity index (χ2n) is 3.34. The van der Waals surface area contributed by atoms with Gasteiger partial charge in [-0.2, -0.15) is 13.2 Å². The van der Waals surface area contributed by atoms with Crippen LogP contribution in [0.4, 0.5) is 13.2 Å². The van der Waals surface area contributed by atoms with Crippen LogP contribution in [0.3, 0.4) is 0 Å². The number of aliphatic hydroxyl groups is 1. The Bertz CT molecular complexity index is 303. The van der Waals surface area contributed by atoms with Gasteiger partial charge >= 0.3 is 6.18 Å². The Morgan fingerprint density at radius 3 is 2.50 bits per heavy atom. The highest BCUT2D eigenvalue weighted by atomic mass is 19.4. The minimum atomic E-state index is -4.35. The monoisotopic (exact) mass is 235 g/mol. The number of alkyl halides is 3. The average molecular weight is 235 g/mol. The van der Waals surface area contributed by atoms with Crippen molar-refractivity contribution in [1.82, 2.24) is 4.98 Å². The van der Waals surface area contributed by atoms with Gasteiger partial charge in [0.1, 0.15) is 6.61 Å². The maximum atomic E-state index is 11.7. The molecule has 16 heavy (non-hydrogen) atoms. The number of aromatic nitrogens is 1. The van der Waals surface area contributed by atoms with Crippen molar-refractivity contribution in [3.8, 4) is 0 Å². The van der Waals surface area contributed by atoms with Gasteiger partial charge in [0.15, 0.2) is 0 Å². The molecule has 1 heterocycles. The van der Waals surface area contributed by atoms with Crippen molar-refractivity contribution < 1.29 is 23.0 Å². The zero-order chi connectivity index (χ0) is 12.0. The summed E-state index contributed by atoms with van der Waals surface area (Å²) in [5.41, 5.74) is 0.804. The molecule has 0 saturated carbocycles. The van der Waals surface area contributed by atoms with E-state index in [1.165, 1.54) is 0 Å². The normalized spacial score (nSPS) is 13.8. The molecule has 1 N–H and O–H groups in total. The maximum absolute atomic E-state index is 11.7. The summed E-state index contributed by atoms with van der Waals surface area (Å²) >= 11 is 0. The van der Waals surface area contributed by atoms with Crippen molar-refractivity contribution in [2.45, 2.75) is 18.7 Å². The van der Waals surface area contributed by atoms with Gasteiger partial charge in [0.2, 0.25) is 0 Å². The van der Waals surface area contributed by atoms with Crippen LogP contribution >= 0.6 is 0 Å². The summed E-state index contributed by atoms with van der Waals surface area (Å²) in [6.45, 7) is -1.66. The lowest BCUT2D eigenvalue weighted by Crippen LogP contribution is -2.24. The number of nitrogens with zero attached hydrogens (tertiary/aromatic N) is 1. The van der Waals surface area contributed by atoms with E-state index in [1.54, 1.807) is 24.5 Å². The number of aliphatic hydroxyl groups excluding tert-OH is 1. The SMILES string of the molecule is OC(COCC(F)(F)F)Cc1ccncc1. The van der Waals surface area contributed by atoms with E-state index in [4.69, 9.17) is 0 Å². The van der Waals surface area contributed by atoms with Gasteiger partial charge in [-0.15, -0.1) is 0 Å². The zero-order valence-corrected chi connectivity index (χ0v) is 8.44. The Balaban J connectivity index is 2.24. The molecule has 0 aromatic carbocycles. The molecule has 0 aliphatic carbocycles. The molecule has 0 aliphatic rings. The van der Waals surface area contributed by atoms with E-state index in [0.29, 0.717) is 0 Å². The van der Waals surface area contributed by atoms with Gasteiger partial charge in [0.25, 0.3) is 0 Å². The van der Waals surface area contributed by atoms with E-state index in [-0.39, 0.29) is 13.0 Å². The van der Waals surface area contributed by atoms with Gasteiger partial charge in [-0.25, -0.2) is 0 Å². The first kappa shape index (κ1) is 12.9. The Labute approximate surface area is 90.9 Å². The van der Waals surface area contributed by atoms with Crippen molar-refractivity contribution in [2.75, 3.05) is 13.2 Å². The second kappa shape index (κ2) is 5.81. The van der Waals surface area contributed by atoms with Crippen molar-refractivity contribution in [2.24, 2.45) is 0 Å². The summed E-state index contributed by atoms with van der Waals surface area (Å²) in [6, 6.07) is 3.37. The second-order valence-corrected chi connectivity index (χ2v) is 3.34. The smallest absolute Gasteiger partial charge is 0.390 e. The van der Waals surface area contributed by atoms with Gasteiger partial charge in [-0.05, 0) is 17.7 Å². The zero-order valence-electron chi connectivity index (χ0n) is 8.44. The number of hydrogen-bond donors (Lipinski definition) is 1. The first-order chi connectivity index (χ1) is 7.47. The van der Waals surface area contributed by atoms with E-state index in [9.17, 15) is 18.3 Å². The molecule has 0 bridgehead atoms. The van der Waals surface area contributed by atoms with Crippen LogP contribution in [0, 0.1) is 0 Å². The summed E-state index contributed by atoms with van der Waals surface area (Å²) in [6.07, 6.45) is -1.93. The quantitative estimate of drug-likeness (QED) is 0.842. The van der Waals surface area contributed by atoms with Crippen LogP contribution in [0.15, 0.2) is 24.5 Å². The summed E-state index contributed by atoms with van der Waals surface area (Å²) in [7, 11) is 0. The summed E-state index contributed by atoms with van der Waals surface area (Å²) in [5.74, 6) is 0. The summed E-state index contributed by atoms with van der Waals surface area (Å²) in [5, 5.41) is 9.39. The number of rotatable bonds is 5. The van der Waals surface area contributed by atoms with Crippen molar-refractivity contribution >= 4 is 0 Å². The van der Waals surface area contributed by atoms with Crippen LogP contribution in [0.5, 0.6) is 0 Å². The minimum absolute atomic E-state index is 0.250. The van der Waals surface area contributed by atoms with Gasteiger partial charge in [0, 0.05) is 18.8 Å². The van der Waals surface area contributed by atoms with Crippen molar-refractivity contribution in [3.63, 3.8) is 0 Å². The van der Waals surface area contributed by atoms with Crippen molar-refractivity contribution in [1.29, 1.82) is 0 Å². The van der Waals surface area contributed by atoms with Gasteiger partial charge in [-0.1, -0.05) is 0 Å². The predicted octanol–water partition coefficient (Wildman–Crippen LogP) is 1.56. The van der Waals surface area contributed by atoms with Crippen LogP contribution in [0.2, 0.25) is 0 Å². The van der Waals surface area contributed by atoms with E-state index >= 15 is 0 Å². The molecule has 0 amide bonds. The van der Waals surface area contributed by atoms with E-state index < -0.39 is 18.9 Å². The van der Waals surface area contributed by atoms with E-state index in [0.717, 1.165) is 5.56 Å². The Morgan fingerprint density at radius 1 is 1.31 bits per heavy atom. The van der Waals surface area contributed by atoms with E-state index in [2.05, 4.69) is 9.72 Å². The molecule has 1 aromatic heterocycles. The highest BCUT2D eigenvalue weighted by Crippen LogP contribution is 2.14. The van der Waals surface area contributed by atoms with Crippen LogP contribution in [0.1, 0.15) is 5.56 Å². The van der Waals surface area contributed by atoms with Gasteiger partial charge < -0.3 is 9.84 Å². The molecule has 1 unspecified atom stereocenters. The molecular weight excluding hydrogens is 223 g/mol. The molecule has 1 atom stereocenters. The standard InChI is InChI=1S/C10H12F3NO2/c11-10(12,13)7-16-6-9(15)5-8-1-3-14-4-2-8/h1-4,9,15H,5-7H2. The molecule has 1 aromatic rings. The summed E-state index contributed by atoms with van der Waals surface area (Å²) in [4.78, 5) is 3.79. The minimum Gasteiger partial charge on any atom is -0.390 e. The van der Waals surface area contributed by atoms with Crippen LogP contribution in [-0.2, 0) is 11.2 Å². The average Bonchev–Trinajstić information content (AvgIpc) is 2.17. The third kappa shape index (κ3) is 5.67. The Kier molecular flexibility index (Phi) is 4.70. The van der Waals surface area contributed by atoms with Gasteiger partial charge in [-0.3, -0.25) is 4.98 Å². The fraction of sp³-hybridized carbons (Fsp3) is 0.500. The first-order valence-electron chi connectivity index (χ1n) is 4.69. The molecule has 0 fully saturated rings. The third-order valence-corrected chi connectivity index (χ3v) is 1.80. The highest BCUT2D eigenvalue weighted by molar-refractivity contribution is 5.10. The highest BCUT2D eigenvalue weighted by Gasteiger charge is 2.27. The topological polar surface area (TPSA) is 42.4 Å². The lowest BCUT2D eigenvalue weighted by atomic mass is 10.1. The van der Waals surface area contributed by atoms with Crippen molar-refractivity contribution in [3.05, 3.63) is 30.1 Å². The maximum Gasteiger partial charge on any atom is 0.411 e. The Hall–Kier alpha value is -1.14. The number of pyridine rings is 1. The molecule has 3 nitrogen and oxygen atoms in total. The van der Waals surface area contributed by atoms with Gasteiger partial charge in [0.05, 0.1) is 12.7 Å². The first-order valence-corrected chi connectivity index (χ1v) is 4.69. The number of halogens is 3. The molecular formula is C10H12F3NO2. The fourth-order valence-electron chi connectivity index (χ4n) is 1.16.